The zero-order chi connectivity index (χ0) is 12.3. The first kappa shape index (κ1) is 11.7. The van der Waals surface area contributed by atoms with E-state index >= 15 is 0 Å². The highest BCUT2D eigenvalue weighted by Crippen LogP contribution is 2.07. The first-order chi connectivity index (χ1) is 8.16. The Morgan fingerprint density at radius 1 is 1.41 bits per heavy atom. The van der Waals surface area contributed by atoms with Gasteiger partial charge in [-0.2, -0.15) is 0 Å². The Hall–Kier alpha value is -1.76. The van der Waals surface area contributed by atoms with Gasteiger partial charge < -0.3 is 10.2 Å². The van der Waals surface area contributed by atoms with Crippen molar-refractivity contribution in [3.8, 4) is 0 Å². The van der Waals surface area contributed by atoms with E-state index in [0.717, 1.165) is 18.9 Å². The lowest BCUT2D eigenvalue weighted by Gasteiger charge is -2.18. The van der Waals surface area contributed by atoms with E-state index in [0.29, 0.717) is 11.7 Å². The minimum Gasteiger partial charge on any atom is -0.357 e. The summed E-state index contributed by atoms with van der Waals surface area (Å²) in [6, 6.07) is 4.27. The molecule has 0 amide bonds. The summed E-state index contributed by atoms with van der Waals surface area (Å²) in [4.78, 5) is 2.07. The number of fused-ring (bicyclic) bond motifs is 1. The van der Waals surface area contributed by atoms with Gasteiger partial charge in [-0.3, -0.25) is 0 Å². The quantitative estimate of drug-likeness (QED) is 0.783. The van der Waals surface area contributed by atoms with Crippen LogP contribution in [0, 0.1) is 0 Å². The van der Waals surface area contributed by atoms with E-state index in [4.69, 9.17) is 0 Å². The van der Waals surface area contributed by atoms with Crippen molar-refractivity contribution in [2.45, 2.75) is 19.9 Å². The van der Waals surface area contributed by atoms with Crippen LogP contribution in [0.3, 0.4) is 0 Å². The van der Waals surface area contributed by atoms with Gasteiger partial charge in [0.2, 0.25) is 0 Å². The van der Waals surface area contributed by atoms with Crippen LogP contribution in [0.25, 0.3) is 5.65 Å². The molecule has 0 fully saturated rings. The molecule has 0 saturated carbocycles. The minimum atomic E-state index is 0.498. The number of rotatable bonds is 5. The van der Waals surface area contributed by atoms with Crippen molar-refractivity contribution in [2.24, 2.45) is 0 Å². The maximum absolute atomic E-state index is 4.31. The van der Waals surface area contributed by atoms with E-state index < -0.39 is 0 Å². The monoisotopic (exact) mass is 235 g/mol. The molecule has 0 aromatic carbocycles. The summed E-state index contributed by atoms with van der Waals surface area (Å²) in [5.74, 6) is 0.857. The average Bonchev–Trinajstić information content (AvgIpc) is 2.75. The molecule has 7 nitrogen and oxygen atoms in total. The molecule has 7 heteroatoms. The molecule has 0 bridgehead atoms. The summed E-state index contributed by atoms with van der Waals surface area (Å²) in [6.45, 7) is 6.07. The predicted molar refractivity (Wildman–Crippen MR) is 65.0 cm³/mol. The van der Waals surface area contributed by atoms with E-state index in [2.05, 4.69) is 44.7 Å². The maximum atomic E-state index is 4.31. The molecule has 2 aromatic heterocycles. The Balaban J connectivity index is 2.00. The highest BCUT2D eigenvalue weighted by Gasteiger charge is 2.05. The van der Waals surface area contributed by atoms with Crippen LogP contribution in [0.5, 0.6) is 0 Å². The third-order valence-corrected chi connectivity index (χ3v) is 2.45. The molecule has 2 heterocycles. The maximum Gasteiger partial charge on any atom is 0.200 e. The zero-order valence-corrected chi connectivity index (χ0v) is 10.3. The zero-order valence-electron chi connectivity index (χ0n) is 10.3. The van der Waals surface area contributed by atoms with Gasteiger partial charge in [0.15, 0.2) is 11.5 Å². The molecule has 1 N–H and O–H groups in total. The Morgan fingerprint density at radius 3 is 3.00 bits per heavy atom. The Kier molecular flexibility index (Phi) is 3.48. The van der Waals surface area contributed by atoms with E-state index in [1.54, 1.807) is 0 Å². The van der Waals surface area contributed by atoms with Crippen LogP contribution >= 0.6 is 0 Å². The fourth-order valence-corrected chi connectivity index (χ4v) is 1.48. The van der Waals surface area contributed by atoms with E-state index in [9.17, 15) is 0 Å². The number of anilines is 1. The second-order valence-corrected chi connectivity index (χ2v) is 4.25. The van der Waals surface area contributed by atoms with E-state index in [1.165, 1.54) is 4.63 Å². The second-order valence-electron chi connectivity index (χ2n) is 4.25. The average molecular weight is 235 g/mol. The molecule has 0 atom stereocenters. The second kappa shape index (κ2) is 5.05. The molecule has 2 rings (SSSR count). The van der Waals surface area contributed by atoms with Crippen LogP contribution in [0.1, 0.15) is 13.8 Å². The highest BCUT2D eigenvalue weighted by atomic mass is 15.6. The van der Waals surface area contributed by atoms with Crippen molar-refractivity contribution in [2.75, 3.05) is 25.0 Å². The van der Waals surface area contributed by atoms with Gasteiger partial charge >= 0.3 is 0 Å². The lowest BCUT2D eigenvalue weighted by atomic mass is 10.4. The largest absolute Gasteiger partial charge is 0.357 e. The molecule has 0 aliphatic carbocycles. The fraction of sp³-hybridized carbons (Fsp3) is 0.600. The van der Waals surface area contributed by atoms with Crippen molar-refractivity contribution in [3.63, 3.8) is 0 Å². The van der Waals surface area contributed by atoms with Crippen molar-refractivity contribution < 1.29 is 0 Å². The lowest BCUT2D eigenvalue weighted by Crippen LogP contribution is -2.33. The van der Waals surface area contributed by atoms with Crippen molar-refractivity contribution in [1.82, 2.24) is 30.6 Å². The molecule has 92 valence electrons. The molecule has 0 aliphatic rings. The number of aromatic nitrogens is 5. The molecule has 17 heavy (non-hydrogen) atoms. The fourth-order valence-electron chi connectivity index (χ4n) is 1.48. The number of hydrogen-bond acceptors (Lipinski definition) is 6. The lowest BCUT2D eigenvalue weighted by molar-refractivity contribution is 0.586. The normalized spacial score (nSPS) is 11.3. The van der Waals surface area contributed by atoms with E-state index in [1.807, 2.05) is 19.2 Å². The molecule has 0 saturated heterocycles. The van der Waals surface area contributed by atoms with Gasteiger partial charge in [-0.05, 0) is 22.6 Å². The molecular weight excluding hydrogens is 218 g/mol. The van der Waals surface area contributed by atoms with Crippen molar-refractivity contribution in [3.05, 3.63) is 12.1 Å². The number of tetrazole rings is 1. The number of nitrogens with zero attached hydrogens (tertiary/aromatic N) is 6. The number of likely N-dealkylation sites (N-methyl/N-ethyl adjacent to an activating group) is 1. The van der Waals surface area contributed by atoms with Gasteiger partial charge in [-0.25, -0.2) is 0 Å². The van der Waals surface area contributed by atoms with Gasteiger partial charge in [-0.15, -0.1) is 14.8 Å². The van der Waals surface area contributed by atoms with Gasteiger partial charge in [-0.1, -0.05) is 13.8 Å². The minimum absolute atomic E-state index is 0.498. The summed E-state index contributed by atoms with van der Waals surface area (Å²) in [5.41, 5.74) is 0.655. The standard InChI is InChI=1S/C10H17N7/c1-8(2)11-6-7-16(3)10-5-4-9-12-14-15-17(9)13-10/h4-5,8,11H,6-7H2,1-3H3. The third kappa shape index (κ3) is 2.88. The first-order valence-corrected chi connectivity index (χ1v) is 5.67. The predicted octanol–water partition coefficient (Wildman–Crippen LogP) is -0.0465. The highest BCUT2D eigenvalue weighted by molar-refractivity contribution is 5.43. The van der Waals surface area contributed by atoms with Gasteiger partial charge in [0.05, 0.1) is 0 Å². The van der Waals surface area contributed by atoms with Crippen LogP contribution in [-0.2, 0) is 0 Å². The molecule has 0 unspecified atom stereocenters. The summed E-state index contributed by atoms with van der Waals surface area (Å²) < 4.78 is 1.43. The van der Waals surface area contributed by atoms with Crippen molar-refractivity contribution in [1.29, 1.82) is 0 Å². The Labute approximate surface area is 99.8 Å². The molecule has 2 aromatic rings. The Bertz CT molecular complexity index is 478. The molecule has 0 aliphatic heterocycles. The van der Waals surface area contributed by atoms with Gasteiger partial charge in [0, 0.05) is 26.2 Å². The SMILES string of the molecule is CC(C)NCCN(C)c1ccc2nnnn2n1. The number of hydrogen-bond donors (Lipinski definition) is 1. The Morgan fingerprint density at radius 2 is 2.24 bits per heavy atom. The van der Waals surface area contributed by atoms with Crippen LogP contribution in [0.15, 0.2) is 12.1 Å². The van der Waals surface area contributed by atoms with Crippen LogP contribution in [0.4, 0.5) is 5.82 Å². The first-order valence-electron chi connectivity index (χ1n) is 5.67. The molecular formula is C10H17N7. The van der Waals surface area contributed by atoms with Crippen LogP contribution < -0.4 is 10.2 Å². The van der Waals surface area contributed by atoms with Gasteiger partial charge in [0.1, 0.15) is 0 Å². The summed E-state index contributed by atoms with van der Waals surface area (Å²) in [6.07, 6.45) is 0. The summed E-state index contributed by atoms with van der Waals surface area (Å²) >= 11 is 0. The number of nitrogens with one attached hydrogen (secondary N) is 1. The smallest absolute Gasteiger partial charge is 0.200 e. The summed E-state index contributed by atoms with van der Waals surface area (Å²) in [5, 5.41) is 18.8. The summed E-state index contributed by atoms with van der Waals surface area (Å²) in [7, 11) is 2.00. The molecule has 0 spiro atoms. The topological polar surface area (TPSA) is 71.2 Å². The third-order valence-electron chi connectivity index (χ3n) is 2.45. The van der Waals surface area contributed by atoms with Crippen LogP contribution in [-0.4, -0.2) is 51.4 Å². The van der Waals surface area contributed by atoms with E-state index in [-0.39, 0.29) is 0 Å². The van der Waals surface area contributed by atoms with Gasteiger partial charge in [0.25, 0.3) is 0 Å². The van der Waals surface area contributed by atoms with Crippen LogP contribution in [0.2, 0.25) is 0 Å². The molecule has 0 radical (unpaired) electrons. The van der Waals surface area contributed by atoms with Crippen molar-refractivity contribution >= 4 is 11.5 Å².